The zero-order valence-corrected chi connectivity index (χ0v) is 27.3. The van der Waals surface area contributed by atoms with E-state index in [2.05, 4.69) is 24.1 Å². The molecule has 5 rings (SSSR count). The number of carbonyl (C=O) groups is 5. The standard InChI is InChI=1S/C37H41N5O5/c1-6-9-23(2)41(5)36(46)32-27(22-43)10-7-12-29(32)38-20-25-15-17-26(18-16-25)21-39-30-13-8-11-28-33(30)37(47)42(34(28)44)31-19-14-24(3)40(4)35(31)45/h7-8,10-13,15-18,22-23,31,38-39H,3,6,9,14,19-21H2,1-2,4-5H3. The zero-order chi connectivity index (χ0) is 33.8. The van der Waals surface area contributed by atoms with Gasteiger partial charge < -0.3 is 20.4 Å². The summed E-state index contributed by atoms with van der Waals surface area (Å²) >= 11 is 0. The van der Waals surface area contributed by atoms with E-state index in [-0.39, 0.29) is 29.0 Å². The van der Waals surface area contributed by atoms with E-state index < -0.39 is 17.9 Å². The van der Waals surface area contributed by atoms with Crippen molar-refractivity contribution in [2.75, 3.05) is 24.7 Å². The number of fused-ring (bicyclic) bond motifs is 1. The summed E-state index contributed by atoms with van der Waals surface area (Å²) in [5.74, 6) is -1.45. The molecule has 0 saturated carbocycles. The number of anilines is 2. The van der Waals surface area contributed by atoms with Crippen LogP contribution in [-0.2, 0) is 17.9 Å². The van der Waals surface area contributed by atoms with Crippen LogP contribution in [0.4, 0.5) is 11.4 Å². The number of nitrogens with zero attached hydrogens (tertiary/aromatic N) is 3. The fraction of sp³-hybridized carbons (Fsp3) is 0.324. The Hall–Kier alpha value is -5.25. The minimum Gasteiger partial charge on any atom is -0.380 e. The van der Waals surface area contributed by atoms with Crippen LogP contribution < -0.4 is 10.6 Å². The van der Waals surface area contributed by atoms with Gasteiger partial charge in [0.05, 0.1) is 16.7 Å². The van der Waals surface area contributed by atoms with Crippen molar-refractivity contribution in [1.29, 1.82) is 0 Å². The highest BCUT2D eigenvalue weighted by Gasteiger charge is 2.46. The van der Waals surface area contributed by atoms with Gasteiger partial charge in [0.25, 0.3) is 17.7 Å². The van der Waals surface area contributed by atoms with Crippen LogP contribution in [0.2, 0.25) is 0 Å². The number of hydrogen-bond donors (Lipinski definition) is 2. The first-order valence-electron chi connectivity index (χ1n) is 15.9. The van der Waals surface area contributed by atoms with Crippen molar-refractivity contribution >= 4 is 41.3 Å². The van der Waals surface area contributed by atoms with E-state index in [1.807, 2.05) is 31.2 Å². The normalized spacial score (nSPS) is 16.6. The Labute approximate surface area is 275 Å². The summed E-state index contributed by atoms with van der Waals surface area (Å²) in [5.41, 5.74) is 4.97. The lowest BCUT2D eigenvalue weighted by atomic mass is 10.0. The van der Waals surface area contributed by atoms with E-state index in [1.54, 1.807) is 55.4 Å². The zero-order valence-electron chi connectivity index (χ0n) is 27.3. The van der Waals surface area contributed by atoms with Gasteiger partial charge in [0.2, 0.25) is 5.91 Å². The second-order valence-electron chi connectivity index (χ2n) is 12.2. The van der Waals surface area contributed by atoms with Crippen LogP contribution >= 0.6 is 0 Å². The molecule has 2 heterocycles. The van der Waals surface area contributed by atoms with Crippen LogP contribution in [0.3, 0.4) is 0 Å². The highest BCUT2D eigenvalue weighted by molar-refractivity contribution is 6.25. The lowest BCUT2D eigenvalue weighted by Crippen LogP contribution is -2.52. The van der Waals surface area contributed by atoms with Gasteiger partial charge in [0.1, 0.15) is 6.04 Å². The van der Waals surface area contributed by atoms with Gasteiger partial charge in [-0.15, -0.1) is 0 Å². The number of benzene rings is 3. The minimum absolute atomic E-state index is 0.0414. The number of likely N-dealkylation sites (N-methyl/N-ethyl adjacent to an activating group) is 1. The molecule has 3 aromatic rings. The fourth-order valence-corrected chi connectivity index (χ4v) is 6.16. The monoisotopic (exact) mass is 635 g/mol. The predicted molar refractivity (Wildman–Crippen MR) is 181 cm³/mol. The lowest BCUT2D eigenvalue weighted by molar-refractivity contribution is -0.134. The third-order valence-corrected chi connectivity index (χ3v) is 9.17. The molecule has 1 fully saturated rings. The number of nitrogens with one attached hydrogen (secondary N) is 2. The molecule has 2 unspecified atom stereocenters. The summed E-state index contributed by atoms with van der Waals surface area (Å²) in [6, 6.07) is 17.4. The highest BCUT2D eigenvalue weighted by atomic mass is 16.2. The molecule has 0 spiro atoms. The van der Waals surface area contributed by atoms with Crippen LogP contribution in [0.1, 0.15) is 92.1 Å². The van der Waals surface area contributed by atoms with E-state index in [0.29, 0.717) is 60.4 Å². The number of likely N-dealkylation sites (tertiary alicyclic amines) is 1. The summed E-state index contributed by atoms with van der Waals surface area (Å²) in [7, 11) is 3.38. The molecular formula is C37H41N5O5. The van der Waals surface area contributed by atoms with Gasteiger partial charge in [0.15, 0.2) is 6.29 Å². The Bertz CT molecular complexity index is 1730. The molecular weight excluding hydrogens is 594 g/mol. The molecule has 10 heteroatoms. The maximum absolute atomic E-state index is 13.5. The van der Waals surface area contributed by atoms with Gasteiger partial charge in [-0.05, 0) is 55.5 Å². The quantitative estimate of drug-likeness (QED) is 0.193. The number of amides is 4. The van der Waals surface area contributed by atoms with Gasteiger partial charge >= 0.3 is 0 Å². The predicted octanol–water partition coefficient (Wildman–Crippen LogP) is 5.71. The molecule has 10 nitrogen and oxygen atoms in total. The molecule has 1 saturated heterocycles. The largest absolute Gasteiger partial charge is 0.380 e. The van der Waals surface area contributed by atoms with Crippen LogP contribution in [-0.4, -0.2) is 70.8 Å². The van der Waals surface area contributed by atoms with Crippen molar-refractivity contribution in [3.8, 4) is 0 Å². The lowest BCUT2D eigenvalue weighted by Gasteiger charge is -2.34. The van der Waals surface area contributed by atoms with Crippen LogP contribution in [0.25, 0.3) is 0 Å². The number of imide groups is 1. The molecule has 0 aromatic heterocycles. The molecule has 0 aliphatic carbocycles. The third-order valence-electron chi connectivity index (χ3n) is 9.17. The molecule has 2 N–H and O–H groups in total. The molecule has 47 heavy (non-hydrogen) atoms. The second-order valence-corrected chi connectivity index (χ2v) is 12.2. The number of piperidine rings is 1. The Balaban J connectivity index is 1.25. The first-order chi connectivity index (χ1) is 22.6. The Morgan fingerprint density at radius 2 is 1.60 bits per heavy atom. The minimum atomic E-state index is -0.854. The Kier molecular flexibility index (Phi) is 9.89. The fourth-order valence-electron chi connectivity index (χ4n) is 6.16. The number of carbonyl (C=O) groups excluding carboxylic acids is 5. The van der Waals surface area contributed by atoms with E-state index in [9.17, 15) is 24.0 Å². The van der Waals surface area contributed by atoms with E-state index in [0.717, 1.165) is 28.9 Å². The first kappa shape index (κ1) is 33.1. The second kappa shape index (κ2) is 14.0. The van der Waals surface area contributed by atoms with Crippen molar-refractivity contribution in [1.82, 2.24) is 14.7 Å². The van der Waals surface area contributed by atoms with Gasteiger partial charge in [0, 0.05) is 55.9 Å². The Morgan fingerprint density at radius 1 is 0.979 bits per heavy atom. The third kappa shape index (κ3) is 6.54. The smallest absolute Gasteiger partial charge is 0.264 e. The van der Waals surface area contributed by atoms with Crippen LogP contribution in [0, 0.1) is 0 Å². The number of hydrogen-bond acceptors (Lipinski definition) is 7. The molecule has 0 radical (unpaired) electrons. The van der Waals surface area contributed by atoms with Gasteiger partial charge in [-0.3, -0.25) is 28.9 Å². The topological polar surface area (TPSA) is 119 Å². The van der Waals surface area contributed by atoms with Gasteiger partial charge in [-0.2, -0.15) is 0 Å². The number of aldehydes is 1. The van der Waals surface area contributed by atoms with Crippen LogP contribution in [0.15, 0.2) is 72.9 Å². The molecule has 2 aliphatic heterocycles. The van der Waals surface area contributed by atoms with Gasteiger partial charge in [-0.25, -0.2) is 0 Å². The van der Waals surface area contributed by atoms with Crippen molar-refractivity contribution in [3.05, 3.63) is 106 Å². The van der Waals surface area contributed by atoms with E-state index in [1.165, 1.54) is 4.90 Å². The molecule has 2 aliphatic rings. The van der Waals surface area contributed by atoms with E-state index in [4.69, 9.17) is 0 Å². The number of rotatable bonds is 12. The van der Waals surface area contributed by atoms with Crippen molar-refractivity contribution in [2.24, 2.45) is 0 Å². The molecule has 0 bridgehead atoms. The first-order valence-corrected chi connectivity index (χ1v) is 15.9. The highest BCUT2D eigenvalue weighted by Crippen LogP contribution is 2.34. The summed E-state index contributed by atoms with van der Waals surface area (Å²) in [6.07, 6.45) is 3.41. The summed E-state index contributed by atoms with van der Waals surface area (Å²) < 4.78 is 0. The average molecular weight is 636 g/mol. The SMILES string of the molecule is C=C1CCC(N2C(=O)c3cccc(NCc4ccc(CNc5cccc(C=O)c5C(=O)N(C)C(C)CCC)cc4)c3C2=O)C(=O)N1C. The van der Waals surface area contributed by atoms with Crippen molar-refractivity contribution < 1.29 is 24.0 Å². The molecule has 4 amide bonds. The molecule has 2 atom stereocenters. The molecule has 244 valence electrons. The summed E-state index contributed by atoms with van der Waals surface area (Å²) in [4.78, 5) is 69.2. The van der Waals surface area contributed by atoms with Crippen molar-refractivity contribution in [3.63, 3.8) is 0 Å². The average Bonchev–Trinajstić information content (AvgIpc) is 3.34. The van der Waals surface area contributed by atoms with Crippen LogP contribution in [0.5, 0.6) is 0 Å². The maximum Gasteiger partial charge on any atom is 0.264 e. The number of allylic oxidation sites excluding steroid dienone is 1. The summed E-state index contributed by atoms with van der Waals surface area (Å²) in [6.45, 7) is 8.81. The maximum atomic E-state index is 13.5. The Morgan fingerprint density at radius 3 is 2.23 bits per heavy atom. The van der Waals surface area contributed by atoms with Gasteiger partial charge in [-0.1, -0.05) is 62.4 Å². The van der Waals surface area contributed by atoms with E-state index >= 15 is 0 Å². The summed E-state index contributed by atoms with van der Waals surface area (Å²) in [5, 5.41) is 6.64. The van der Waals surface area contributed by atoms with Crippen molar-refractivity contribution in [2.45, 2.75) is 64.7 Å². The molecule has 3 aromatic carbocycles.